The van der Waals surface area contributed by atoms with Gasteiger partial charge in [0.2, 0.25) is 0 Å². The summed E-state index contributed by atoms with van der Waals surface area (Å²) in [5.74, 6) is 0. The number of rotatable bonds is 8. The van der Waals surface area contributed by atoms with Crippen LogP contribution in [-0.4, -0.2) is 0 Å². The van der Waals surface area contributed by atoms with Crippen LogP contribution in [0.1, 0.15) is 25.0 Å². The molecule has 176 valence electrons. The lowest BCUT2D eigenvalue weighted by atomic mass is 9.78. The third-order valence-electron chi connectivity index (χ3n) is 6.31. The van der Waals surface area contributed by atoms with Gasteiger partial charge in [0.1, 0.15) is 0 Å². The second kappa shape index (κ2) is 11.8. The van der Waals surface area contributed by atoms with Gasteiger partial charge in [-0.1, -0.05) is 141 Å². The van der Waals surface area contributed by atoms with Crippen molar-refractivity contribution in [2.45, 2.75) is 13.8 Å². The lowest BCUT2D eigenvalue weighted by Gasteiger charge is -2.25. The summed E-state index contributed by atoms with van der Waals surface area (Å²) in [7, 11) is 0. The normalized spacial score (nSPS) is 12.1. The van der Waals surface area contributed by atoms with Crippen molar-refractivity contribution in [2.24, 2.45) is 0 Å². The second-order valence-electron chi connectivity index (χ2n) is 8.50. The number of hydrogen-bond donors (Lipinski definition) is 0. The van der Waals surface area contributed by atoms with Gasteiger partial charge in [-0.2, -0.15) is 0 Å². The summed E-state index contributed by atoms with van der Waals surface area (Å²) in [6.07, 6.45) is 12.3. The molecule has 0 atom stereocenters. The minimum Gasteiger partial charge on any atom is -0.0990 e. The molecule has 0 aliphatic heterocycles. The van der Waals surface area contributed by atoms with Crippen LogP contribution in [0.25, 0.3) is 44.5 Å². The number of allylic oxidation sites excluding steroid dienone is 8. The standard InChI is InChI=1S/C36H32/c1-5-18-27(7-3)32-26-33(29-20-12-9-13-21-29)35(31-24-16-11-17-25-31)36(28(8-4)19-6-2)34(32)30-22-14-10-15-23-30/h5-26H,1,3H2,2,4H3/b19-6-,27-18+,28-8+. The van der Waals surface area contributed by atoms with E-state index in [1.54, 1.807) is 0 Å². The second-order valence-corrected chi connectivity index (χ2v) is 8.50. The molecular weight excluding hydrogens is 432 g/mol. The molecule has 4 aromatic carbocycles. The molecular formula is C36H32. The average Bonchev–Trinajstić information content (AvgIpc) is 2.95. The molecule has 4 aromatic rings. The molecule has 0 aliphatic carbocycles. The lowest BCUT2D eigenvalue weighted by Crippen LogP contribution is -2.01. The molecule has 0 N–H and O–H groups in total. The zero-order valence-corrected chi connectivity index (χ0v) is 21.1. The van der Waals surface area contributed by atoms with Crippen LogP contribution in [0.2, 0.25) is 0 Å². The van der Waals surface area contributed by atoms with E-state index in [1.165, 1.54) is 44.5 Å². The van der Waals surface area contributed by atoms with E-state index in [9.17, 15) is 0 Å². The van der Waals surface area contributed by atoms with Crippen LogP contribution in [0, 0.1) is 0 Å². The maximum atomic E-state index is 4.16. The van der Waals surface area contributed by atoms with Gasteiger partial charge in [-0.25, -0.2) is 0 Å². The van der Waals surface area contributed by atoms with E-state index >= 15 is 0 Å². The fourth-order valence-electron chi connectivity index (χ4n) is 4.75. The van der Waals surface area contributed by atoms with Gasteiger partial charge in [-0.05, 0) is 75.6 Å². The van der Waals surface area contributed by atoms with E-state index in [4.69, 9.17) is 0 Å². The van der Waals surface area contributed by atoms with Crippen molar-refractivity contribution in [3.05, 3.63) is 158 Å². The molecule has 0 radical (unpaired) electrons. The Morgan fingerprint density at radius 3 is 1.64 bits per heavy atom. The fraction of sp³-hybridized carbons (Fsp3) is 0.0556. The fourth-order valence-corrected chi connectivity index (χ4v) is 4.75. The Bertz CT molecular complexity index is 1430. The first-order valence-electron chi connectivity index (χ1n) is 12.4. The Hall–Kier alpha value is -4.42. The summed E-state index contributed by atoms with van der Waals surface area (Å²) in [4.78, 5) is 0. The molecule has 0 aromatic heterocycles. The SMILES string of the molecule is C=C/C=C(\C=C)c1cc(-c2ccccc2)c(-c2ccccc2)c(C(/C=C\C)=C/C)c1-c1ccccc1. The van der Waals surface area contributed by atoms with Crippen LogP contribution in [0.3, 0.4) is 0 Å². The zero-order valence-electron chi connectivity index (χ0n) is 21.1. The number of hydrogen-bond acceptors (Lipinski definition) is 0. The highest BCUT2D eigenvalue weighted by molar-refractivity contribution is 6.05. The van der Waals surface area contributed by atoms with Gasteiger partial charge in [0.05, 0.1) is 0 Å². The molecule has 0 saturated heterocycles. The Balaban J connectivity index is 2.32. The van der Waals surface area contributed by atoms with Gasteiger partial charge in [0.15, 0.2) is 0 Å². The average molecular weight is 465 g/mol. The van der Waals surface area contributed by atoms with E-state index < -0.39 is 0 Å². The van der Waals surface area contributed by atoms with Gasteiger partial charge >= 0.3 is 0 Å². The third kappa shape index (κ3) is 4.99. The molecule has 0 aliphatic rings. The van der Waals surface area contributed by atoms with Crippen LogP contribution in [-0.2, 0) is 0 Å². The van der Waals surface area contributed by atoms with Gasteiger partial charge in [-0.3, -0.25) is 0 Å². The zero-order chi connectivity index (χ0) is 25.3. The molecule has 36 heavy (non-hydrogen) atoms. The third-order valence-corrected chi connectivity index (χ3v) is 6.31. The van der Waals surface area contributed by atoms with Crippen LogP contribution >= 0.6 is 0 Å². The van der Waals surface area contributed by atoms with Crippen LogP contribution < -0.4 is 0 Å². The van der Waals surface area contributed by atoms with Gasteiger partial charge in [0, 0.05) is 0 Å². The Labute approximate surface area is 216 Å². The van der Waals surface area contributed by atoms with Crippen molar-refractivity contribution in [2.75, 3.05) is 0 Å². The van der Waals surface area contributed by atoms with Crippen molar-refractivity contribution in [3.8, 4) is 33.4 Å². The van der Waals surface area contributed by atoms with E-state index in [0.29, 0.717) is 0 Å². The highest BCUT2D eigenvalue weighted by Gasteiger charge is 2.23. The highest BCUT2D eigenvalue weighted by atomic mass is 14.3. The molecule has 0 fully saturated rings. The minimum absolute atomic E-state index is 1.04. The van der Waals surface area contributed by atoms with Crippen LogP contribution in [0.5, 0.6) is 0 Å². The first-order valence-corrected chi connectivity index (χ1v) is 12.4. The van der Waals surface area contributed by atoms with Crippen molar-refractivity contribution < 1.29 is 0 Å². The van der Waals surface area contributed by atoms with Crippen molar-refractivity contribution in [3.63, 3.8) is 0 Å². The molecule has 4 rings (SSSR count). The maximum absolute atomic E-state index is 4.16. The van der Waals surface area contributed by atoms with E-state index in [0.717, 1.165) is 11.1 Å². The molecule has 0 heteroatoms. The topological polar surface area (TPSA) is 0 Å². The van der Waals surface area contributed by atoms with Crippen molar-refractivity contribution >= 4 is 11.1 Å². The molecule has 0 nitrogen and oxygen atoms in total. The first-order chi connectivity index (χ1) is 17.7. The van der Waals surface area contributed by atoms with Crippen LogP contribution in [0.15, 0.2) is 147 Å². The summed E-state index contributed by atoms with van der Waals surface area (Å²) in [5.41, 5.74) is 11.7. The van der Waals surface area contributed by atoms with Crippen LogP contribution in [0.4, 0.5) is 0 Å². The Kier molecular flexibility index (Phi) is 8.11. The molecule has 0 amide bonds. The van der Waals surface area contributed by atoms with E-state index in [-0.39, 0.29) is 0 Å². The number of benzene rings is 4. The van der Waals surface area contributed by atoms with E-state index in [2.05, 4.69) is 142 Å². The first kappa shape index (κ1) is 24.7. The Morgan fingerprint density at radius 1 is 0.639 bits per heavy atom. The predicted molar refractivity (Wildman–Crippen MR) is 160 cm³/mol. The summed E-state index contributed by atoms with van der Waals surface area (Å²) in [6.45, 7) is 12.3. The smallest absolute Gasteiger partial charge is 0.00177 e. The summed E-state index contributed by atoms with van der Waals surface area (Å²) in [6, 6.07) is 34.3. The summed E-state index contributed by atoms with van der Waals surface area (Å²) in [5, 5.41) is 0. The monoisotopic (exact) mass is 464 g/mol. The van der Waals surface area contributed by atoms with Gasteiger partial charge in [0.25, 0.3) is 0 Å². The highest BCUT2D eigenvalue weighted by Crippen LogP contribution is 2.47. The molecule has 0 unspecified atom stereocenters. The molecule has 0 heterocycles. The quantitative estimate of drug-likeness (QED) is 0.227. The van der Waals surface area contributed by atoms with Gasteiger partial charge in [-0.15, -0.1) is 0 Å². The lowest BCUT2D eigenvalue weighted by molar-refractivity contribution is 1.49. The molecule has 0 saturated carbocycles. The summed E-state index contributed by atoms with van der Waals surface area (Å²) < 4.78 is 0. The molecule has 0 bridgehead atoms. The summed E-state index contributed by atoms with van der Waals surface area (Å²) >= 11 is 0. The predicted octanol–water partition coefficient (Wildman–Crippen LogP) is 10.4. The molecule has 0 spiro atoms. The van der Waals surface area contributed by atoms with E-state index in [1.807, 2.05) is 18.2 Å². The van der Waals surface area contributed by atoms with Gasteiger partial charge < -0.3 is 0 Å². The van der Waals surface area contributed by atoms with Crippen molar-refractivity contribution in [1.29, 1.82) is 0 Å². The maximum Gasteiger partial charge on any atom is -0.00177 e. The Morgan fingerprint density at radius 2 is 1.17 bits per heavy atom. The largest absolute Gasteiger partial charge is 0.0990 e. The van der Waals surface area contributed by atoms with Crippen molar-refractivity contribution in [1.82, 2.24) is 0 Å². The minimum atomic E-state index is 1.04.